The third kappa shape index (κ3) is 1.88. The number of rotatable bonds is 3. The molecule has 0 amide bonds. The van der Waals surface area contributed by atoms with Crippen LogP contribution in [0, 0.1) is 0 Å². The molecule has 0 bridgehead atoms. The number of aromatic nitrogens is 1. The third-order valence-corrected chi connectivity index (χ3v) is 1.83. The zero-order chi connectivity index (χ0) is 7.40. The molecule has 4 heteroatoms. The van der Waals surface area contributed by atoms with Crippen molar-refractivity contribution in [3.63, 3.8) is 0 Å². The molecule has 3 N–H and O–H groups in total. The number of nitrogens with zero attached hydrogens (tertiary/aromatic N) is 1. The van der Waals surface area contributed by atoms with Gasteiger partial charge >= 0.3 is 0 Å². The van der Waals surface area contributed by atoms with Crippen LogP contribution in [0.15, 0.2) is 6.20 Å². The molecule has 3 nitrogen and oxygen atoms in total. The quantitative estimate of drug-likeness (QED) is 0.700. The summed E-state index contributed by atoms with van der Waals surface area (Å²) in [7, 11) is 0. The molecule has 0 aromatic carbocycles. The first kappa shape index (κ1) is 7.34. The number of anilines is 2. The lowest BCUT2D eigenvalue weighted by Gasteiger charge is -1.95. The molecule has 0 aliphatic rings. The van der Waals surface area contributed by atoms with Gasteiger partial charge in [-0.1, -0.05) is 18.3 Å². The van der Waals surface area contributed by atoms with Gasteiger partial charge in [-0.2, -0.15) is 0 Å². The second-order valence-corrected chi connectivity index (χ2v) is 3.06. The average Bonchev–Trinajstić information content (AvgIpc) is 2.31. The monoisotopic (exact) mass is 157 g/mol. The van der Waals surface area contributed by atoms with Crippen molar-refractivity contribution in [1.82, 2.24) is 4.98 Å². The summed E-state index contributed by atoms with van der Waals surface area (Å²) in [5.41, 5.74) is 5.47. The fourth-order valence-electron chi connectivity index (χ4n) is 0.600. The highest BCUT2D eigenvalue weighted by atomic mass is 32.1. The van der Waals surface area contributed by atoms with Crippen LogP contribution in [-0.2, 0) is 0 Å². The lowest BCUT2D eigenvalue weighted by molar-refractivity contribution is 0.976. The minimum atomic E-state index is 0.763. The van der Waals surface area contributed by atoms with Crippen LogP contribution < -0.4 is 11.1 Å². The predicted octanol–water partition coefficient (Wildman–Crippen LogP) is 1.55. The molecule has 1 heterocycles. The Labute approximate surface area is 64.3 Å². The molecule has 0 aliphatic carbocycles. The molecular formula is C6H11N3S. The molecule has 0 unspecified atom stereocenters. The van der Waals surface area contributed by atoms with Crippen molar-refractivity contribution in [1.29, 1.82) is 0 Å². The summed E-state index contributed by atoms with van der Waals surface area (Å²) < 4.78 is 0. The summed E-state index contributed by atoms with van der Waals surface area (Å²) in [5, 5.41) is 4.82. The Morgan fingerprint density at radius 2 is 2.60 bits per heavy atom. The Kier molecular flexibility index (Phi) is 2.50. The van der Waals surface area contributed by atoms with Crippen molar-refractivity contribution in [3.05, 3.63) is 6.20 Å². The van der Waals surface area contributed by atoms with E-state index in [0.717, 1.165) is 23.1 Å². The van der Waals surface area contributed by atoms with Crippen molar-refractivity contribution >= 4 is 21.5 Å². The van der Waals surface area contributed by atoms with Gasteiger partial charge in [0, 0.05) is 6.54 Å². The van der Waals surface area contributed by atoms with Gasteiger partial charge in [0.05, 0.1) is 6.20 Å². The Bertz CT molecular complexity index is 197. The molecule has 10 heavy (non-hydrogen) atoms. The van der Waals surface area contributed by atoms with Crippen LogP contribution in [0.2, 0.25) is 0 Å². The summed E-state index contributed by atoms with van der Waals surface area (Å²) in [6.45, 7) is 3.08. The number of nitrogen functional groups attached to an aromatic ring is 1. The Hall–Kier alpha value is -0.770. The van der Waals surface area contributed by atoms with Gasteiger partial charge in [-0.05, 0) is 6.42 Å². The van der Waals surface area contributed by atoms with E-state index in [0.29, 0.717) is 0 Å². The topological polar surface area (TPSA) is 50.9 Å². The molecule has 56 valence electrons. The number of nitrogens with one attached hydrogen (secondary N) is 1. The van der Waals surface area contributed by atoms with Crippen molar-refractivity contribution < 1.29 is 0 Å². The van der Waals surface area contributed by atoms with E-state index in [9.17, 15) is 0 Å². The van der Waals surface area contributed by atoms with E-state index in [-0.39, 0.29) is 0 Å². The van der Waals surface area contributed by atoms with Gasteiger partial charge in [0.15, 0.2) is 5.13 Å². The Morgan fingerprint density at radius 3 is 3.10 bits per heavy atom. The smallest absolute Gasteiger partial charge is 0.184 e. The minimum absolute atomic E-state index is 0.763. The number of nitrogens with two attached hydrogens (primary N) is 1. The van der Waals surface area contributed by atoms with Gasteiger partial charge in [-0.3, -0.25) is 0 Å². The largest absolute Gasteiger partial charge is 0.389 e. The molecule has 0 atom stereocenters. The van der Waals surface area contributed by atoms with Gasteiger partial charge in [0.2, 0.25) is 0 Å². The van der Waals surface area contributed by atoms with E-state index in [1.54, 1.807) is 6.20 Å². The summed E-state index contributed by atoms with van der Waals surface area (Å²) in [5.74, 6) is 0. The van der Waals surface area contributed by atoms with Crippen LogP contribution in [0.1, 0.15) is 13.3 Å². The highest BCUT2D eigenvalue weighted by Crippen LogP contribution is 2.18. The number of thiazole rings is 1. The molecule has 0 fully saturated rings. The van der Waals surface area contributed by atoms with Crippen LogP contribution in [0.25, 0.3) is 0 Å². The molecule has 1 rings (SSSR count). The van der Waals surface area contributed by atoms with E-state index < -0.39 is 0 Å². The van der Waals surface area contributed by atoms with Crippen molar-refractivity contribution in [2.45, 2.75) is 13.3 Å². The summed E-state index contributed by atoms with van der Waals surface area (Å²) in [4.78, 5) is 4.04. The first-order valence-corrected chi connectivity index (χ1v) is 4.09. The van der Waals surface area contributed by atoms with E-state index in [2.05, 4.69) is 17.2 Å². The maximum Gasteiger partial charge on any atom is 0.184 e. The van der Waals surface area contributed by atoms with Crippen molar-refractivity contribution in [2.24, 2.45) is 0 Å². The molecule has 1 aromatic heterocycles. The maximum absolute atomic E-state index is 5.47. The molecule has 0 saturated carbocycles. The van der Waals surface area contributed by atoms with Gasteiger partial charge in [-0.25, -0.2) is 4.98 Å². The third-order valence-electron chi connectivity index (χ3n) is 1.05. The fraction of sp³-hybridized carbons (Fsp3) is 0.500. The van der Waals surface area contributed by atoms with Crippen LogP contribution in [-0.4, -0.2) is 11.5 Å². The molecular weight excluding hydrogens is 146 g/mol. The van der Waals surface area contributed by atoms with Crippen molar-refractivity contribution in [2.75, 3.05) is 17.6 Å². The Balaban J connectivity index is 2.42. The SMILES string of the molecule is CCCNc1ncc(N)s1. The number of hydrogen-bond donors (Lipinski definition) is 2. The van der Waals surface area contributed by atoms with E-state index in [1.807, 2.05) is 0 Å². The zero-order valence-corrected chi connectivity index (χ0v) is 6.74. The van der Waals surface area contributed by atoms with E-state index >= 15 is 0 Å². The van der Waals surface area contributed by atoms with E-state index in [1.165, 1.54) is 11.3 Å². The normalized spacial score (nSPS) is 9.70. The zero-order valence-electron chi connectivity index (χ0n) is 5.92. The first-order chi connectivity index (χ1) is 4.83. The molecule has 0 spiro atoms. The number of hydrogen-bond acceptors (Lipinski definition) is 4. The van der Waals surface area contributed by atoms with Crippen LogP contribution in [0.4, 0.5) is 10.1 Å². The summed E-state index contributed by atoms with van der Waals surface area (Å²) >= 11 is 1.48. The second-order valence-electron chi connectivity index (χ2n) is 1.99. The highest BCUT2D eigenvalue weighted by Gasteiger charge is 1.94. The van der Waals surface area contributed by atoms with Gasteiger partial charge in [0.25, 0.3) is 0 Å². The van der Waals surface area contributed by atoms with Crippen molar-refractivity contribution in [3.8, 4) is 0 Å². The van der Waals surface area contributed by atoms with Crippen LogP contribution in [0.5, 0.6) is 0 Å². The van der Waals surface area contributed by atoms with E-state index in [4.69, 9.17) is 5.73 Å². The highest BCUT2D eigenvalue weighted by molar-refractivity contribution is 7.19. The lowest BCUT2D eigenvalue weighted by Crippen LogP contribution is -1.97. The fourth-order valence-corrected chi connectivity index (χ4v) is 1.21. The summed E-state index contributed by atoms with van der Waals surface area (Å²) in [6, 6.07) is 0. The molecule has 0 saturated heterocycles. The first-order valence-electron chi connectivity index (χ1n) is 3.28. The molecule has 0 radical (unpaired) electrons. The minimum Gasteiger partial charge on any atom is -0.389 e. The van der Waals surface area contributed by atoms with Gasteiger partial charge in [-0.15, -0.1) is 0 Å². The Morgan fingerprint density at radius 1 is 1.80 bits per heavy atom. The summed E-state index contributed by atoms with van der Waals surface area (Å²) in [6.07, 6.45) is 2.78. The lowest BCUT2D eigenvalue weighted by atomic mass is 10.5. The van der Waals surface area contributed by atoms with Gasteiger partial charge < -0.3 is 11.1 Å². The maximum atomic E-state index is 5.47. The second kappa shape index (κ2) is 3.41. The molecule has 0 aliphatic heterocycles. The van der Waals surface area contributed by atoms with Crippen LogP contribution in [0.3, 0.4) is 0 Å². The predicted molar refractivity (Wildman–Crippen MR) is 45.3 cm³/mol. The van der Waals surface area contributed by atoms with Gasteiger partial charge in [0.1, 0.15) is 5.00 Å². The standard InChI is InChI=1S/C6H11N3S/c1-2-3-8-6-9-4-5(7)10-6/h4H,2-3,7H2,1H3,(H,8,9). The average molecular weight is 157 g/mol. The van der Waals surface area contributed by atoms with Crippen LogP contribution >= 0.6 is 11.3 Å². The molecule has 1 aromatic rings.